The minimum absolute atomic E-state index is 0. The van der Waals surface area contributed by atoms with Crippen molar-refractivity contribution in [2.75, 3.05) is 13.2 Å². The zero-order chi connectivity index (χ0) is 4.83. The molecule has 0 radical (unpaired) electrons. The van der Waals surface area contributed by atoms with E-state index in [0.717, 1.165) is 0 Å². The topological polar surface area (TPSA) is 155 Å². The fourth-order valence-electron chi connectivity index (χ4n) is 0.0508. The Hall–Kier alpha value is 0.790. The molecule has 0 aliphatic carbocycles. The molecule has 0 saturated carbocycles. The first kappa shape index (κ1) is 30.8. The second-order valence-corrected chi connectivity index (χ2v) is 2.28. The number of halogens is 1. The number of hydrogen-bond acceptors (Lipinski definition) is 2. The molecule has 0 aliphatic rings. The van der Waals surface area contributed by atoms with Gasteiger partial charge in [0.25, 0.3) is 0 Å². The molecule has 0 unspecified atom stereocenters. The van der Waals surface area contributed by atoms with E-state index in [9.17, 15) is 0 Å². The Morgan fingerprint density at radius 2 is 1.60 bits per heavy atom. The number of aliphatic hydroxyl groups excluding tert-OH is 1. The summed E-state index contributed by atoms with van der Waals surface area (Å²) in [7, 11) is 5.14. The van der Waals surface area contributed by atoms with Crippen LogP contribution in [0.25, 0.3) is 0 Å². The van der Waals surface area contributed by atoms with E-state index in [4.69, 9.17) is 14.3 Å². The summed E-state index contributed by atoms with van der Waals surface area (Å²) >= 11 is -0.499. The van der Waals surface area contributed by atoms with Crippen LogP contribution in [0.1, 0.15) is 0 Å². The molecule has 6 nitrogen and oxygen atoms in total. The van der Waals surface area contributed by atoms with Gasteiger partial charge in [0.1, 0.15) is 0 Å². The number of aliphatic hydroxyl groups is 1. The standard InChI is InChI=1S/C2H5O2.Au.ClH.4H2O/c3-1-2-4;;;;;;/h3H,1-2H2;;1H;4*1H2/q-1;+2;;;;;/p-1. The molecule has 0 rings (SSSR count). The van der Waals surface area contributed by atoms with Crippen LogP contribution in [0.5, 0.6) is 0 Å². The third-order valence-corrected chi connectivity index (χ3v) is 1.40. The third-order valence-electron chi connectivity index (χ3n) is 0.186. The molecule has 0 heterocycles. The predicted octanol–water partition coefficient (Wildman–Crippen LogP) is -3.15. The van der Waals surface area contributed by atoms with E-state index in [-0.39, 0.29) is 28.5 Å². The summed E-state index contributed by atoms with van der Waals surface area (Å²) in [5.74, 6) is 0. The van der Waals surface area contributed by atoms with Crippen molar-refractivity contribution in [3.63, 3.8) is 0 Å². The van der Waals surface area contributed by atoms with Crippen LogP contribution in [0.15, 0.2) is 0 Å². The number of rotatable bonds is 3. The van der Waals surface area contributed by atoms with Gasteiger partial charge < -0.3 is 21.9 Å². The Balaban J connectivity index is -0.0000000208. The van der Waals surface area contributed by atoms with E-state index in [1.807, 2.05) is 0 Å². The van der Waals surface area contributed by atoms with Crippen LogP contribution in [-0.2, 0) is 22.3 Å². The van der Waals surface area contributed by atoms with E-state index in [1.54, 1.807) is 0 Å². The molecule has 0 aromatic rings. The summed E-state index contributed by atoms with van der Waals surface area (Å²) in [6.07, 6.45) is 0. The Kier molecular flexibility index (Phi) is 102. The first-order valence-electron chi connectivity index (χ1n) is 1.34. The van der Waals surface area contributed by atoms with Crippen LogP contribution in [-0.4, -0.2) is 40.2 Å². The Morgan fingerprint density at radius 1 is 1.20 bits per heavy atom. The van der Waals surface area contributed by atoms with Gasteiger partial charge in [0, 0.05) is 0 Å². The molecule has 9 N–H and O–H groups in total. The van der Waals surface area contributed by atoms with E-state index < -0.39 is 19.1 Å². The van der Waals surface area contributed by atoms with Crippen molar-refractivity contribution in [2.45, 2.75) is 0 Å². The van der Waals surface area contributed by atoms with Gasteiger partial charge in [-0.05, 0) is 0 Å². The average molecular weight is 366 g/mol. The van der Waals surface area contributed by atoms with Crippen LogP contribution in [0, 0.1) is 0 Å². The normalized spacial score (nSPS) is 5.80. The van der Waals surface area contributed by atoms with Crippen LogP contribution < -0.4 is 0 Å². The van der Waals surface area contributed by atoms with Crippen molar-refractivity contribution < 1.29 is 49.3 Å². The van der Waals surface area contributed by atoms with Gasteiger partial charge in [-0.3, -0.25) is 0 Å². The Morgan fingerprint density at radius 3 is 1.70 bits per heavy atom. The van der Waals surface area contributed by atoms with Gasteiger partial charge in [-0.15, -0.1) is 0 Å². The summed E-state index contributed by atoms with van der Waals surface area (Å²) in [6, 6.07) is 0. The van der Waals surface area contributed by atoms with E-state index in [1.165, 1.54) is 0 Å². The predicted molar refractivity (Wildman–Crippen MR) is 33.3 cm³/mol. The first-order valence-corrected chi connectivity index (χ1v) is 4.91. The van der Waals surface area contributed by atoms with Crippen molar-refractivity contribution >= 4 is 9.19 Å². The van der Waals surface area contributed by atoms with Crippen LogP contribution in [0.2, 0.25) is 0 Å². The molecule has 0 aromatic carbocycles. The van der Waals surface area contributed by atoms with E-state index in [0.29, 0.717) is 6.61 Å². The number of hydrogen-bond donors (Lipinski definition) is 1. The second-order valence-electron chi connectivity index (χ2n) is 0.561. The maximum atomic E-state index is 8.03. The molecule has 8 heteroatoms. The fraction of sp³-hybridized carbons (Fsp3) is 1.00. The summed E-state index contributed by atoms with van der Waals surface area (Å²) in [5.41, 5.74) is 0. The molecule has 75 valence electrons. The molecule has 0 fully saturated rings. The molecule has 0 aromatic heterocycles. The van der Waals surface area contributed by atoms with Crippen molar-refractivity contribution in [3.05, 3.63) is 0 Å². The SMILES string of the molecule is O.O.O.O.OCC[O][Au][Cl]. The molecular weight excluding hydrogens is 352 g/mol. The molecule has 10 heavy (non-hydrogen) atoms. The summed E-state index contributed by atoms with van der Waals surface area (Å²) in [5, 5.41) is 8.03. The van der Waals surface area contributed by atoms with Gasteiger partial charge in [0.15, 0.2) is 0 Å². The zero-order valence-corrected chi connectivity index (χ0v) is 7.87. The van der Waals surface area contributed by atoms with Crippen LogP contribution in [0.3, 0.4) is 0 Å². The summed E-state index contributed by atoms with van der Waals surface area (Å²) in [4.78, 5) is 0. The van der Waals surface area contributed by atoms with Crippen LogP contribution >= 0.6 is 9.19 Å². The summed E-state index contributed by atoms with van der Waals surface area (Å²) in [6.45, 7) is 0.453. The van der Waals surface area contributed by atoms with Crippen molar-refractivity contribution in [1.82, 2.24) is 0 Å². The van der Waals surface area contributed by atoms with Gasteiger partial charge in [-0.1, -0.05) is 0 Å². The fourth-order valence-corrected chi connectivity index (χ4v) is 0.797. The second kappa shape index (κ2) is 33.0. The molecule has 0 amide bonds. The first-order chi connectivity index (χ1) is 2.91. The van der Waals surface area contributed by atoms with Gasteiger partial charge in [0.2, 0.25) is 0 Å². The molecule has 0 bridgehead atoms. The van der Waals surface area contributed by atoms with Gasteiger partial charge in [0.05, 0.1) is 0 Å². The Bertz CT molecular complexity index is 27.7. The van der Waals surface area contributed by atoms with Crippen molar-refractivity contribution in [1.29, 1.82) is 0 Å². The van der Waals surface area contributed by atoms with Gasteiger partial charge >= 0.3 is 49.8 Å². The maximum absolute atomic E-state index is 8.03. The van der Waals surface area contributed by atoms with Gasteiger partial charge in [-0.25, -0.2) is 0 Å². The molecular formula is C2H13AuClO6. The van der Waals surface area contributed by atoms with E-state index in [2.05, 4.69) is 3.24 Å². The van der Waals surface area contributed by atoms with Gasteiger partial charge in [-0.2, -0.15) is 0 Å². The monoisotopic (exact) mass is 365 g/mol. The summed E-state index contributed by atoms with van der Waals surface area (Å²) < 4.78 is 4.60. The zero-order valence-electron chi connectivity index (χ0n) is 4.95. The van der Waals surface area contributed by atoms with Crippen LogP contribution in [0.4, 0.5) is 0 Å². The third kappa shape index (κ3) is 37.1. The van der Waals surface area contributed by atoms with Crippen molar-refractivity contribution in [2.24, 2.45) is 0 Å². The molecule has 0 atom stereocenters. The Labute approximate surface area is 72.0 Å². The van der Waals surface area contributed by atoms with E-state index >= 15 is 0 Å². The van der Waals surface area contributed by atoms with Crippen molar-refractivity contribution in [3.8, 4) is 0 Å². The quantitative estimate of drug-likeness (QED) is 0.414. The average Bonchev–Trinajstić information content (AvgIpc) is 1.61. The molecule has 0 aliphatic heterocycles. The molecule has 0 spiro atoms. The minimum atomic E-state index is -0.499. The molecule has 0 saturated heterocycles.